The Labute approximate surface area is 558 Å². The van der Waals surface area contributed by atoms with Crippen LogP contribution in [0.2, 0.25) is 0 Å². The van der Waals surface area contributed by atoms with Gasteiger partial charge in [0, 0.05) is 123 Å². The SMILES string of the molecule is COc1ccc(C[C@@H]2NC(=O)[C@H](CC3=CN=CC3)CC(=O)[C@H](CC(=O)O)NC(=O)[C@H](Cc3c[nH]c4ccc(F)cc34)CC(=O)[C@H](Cc3c[nH]c4ccc(F)cc34)NC(=O)[C@@H](C)NC(=O)CCCCCC(=O)NCc3ccc(cc3)C[C@@H](C(N)=O)NC(=O)[C@]3(C)CCCN3C2=O)cc1. The topological polar surface area (TPSA) is 363 Å². The average molecular weight is 1330 g/mol. The van der Waals surface area contributed by atoms with Crippen molar-refractivity contribution in [2.45, 2.75) is 159 Å². The molecule has 4 aliphatic heterocycles. The van der Waals surface area contributed by atoms with Gasteiger partial charge in [-0.25, -0.2) is 8.78 Å². The van der Waals surface area contributed by atoms with E-state index in [4.69, 9.17) is 10.5 Å². The van der Waals surface area contributed by atoms with E-state index in [1.807, 2.05) is 0 Å². The van der Waals surface area contributed by atoms with E-state index in [0.29, 0.717) is 81.1 Å². The molecular weight excluding hydrogens is 1250 g/mol. The van der Waals surface area contributed by atoms with Gasteiger partial charge in [0.15, 0.2) is 11.6 Å². The van der Waals surface area contributed by atoms with Crippen LogP contribution in [0.25, 0.3) is 21.8 Å². The predicted molar refractivity (Wildman–Crippen MR) is 354 cm³/mol. The number of rotatable bonds is 12. The van der Waals surface area contributed by atoms with E-state index in [9.17, 15) is 47.4 Å². The van der Waals surface area contributed by atoms with Gasteiger partial charge < -0.3 is 62.3 Å². The molecule has 2 aromatic heterocycles. The fourth-order valence-corrected chi connectivity index (χ4v) is 12.7. The summed E-state index contributed by atoms with van der Waals surface area (Å²) in [5.74, 6) is -12.3. The van der Waals surface area contributed by atoms with Crippen LogP contribution in [0.5, 0.6) is 5.75 Å². The number of methoxy groups -OCH3 is 1. The van der Waals surface area contributed by atoms with Gasteiger partial charge in [-0.1, -0.05) is 42.8 Å². The number of aromatic amines is 2. The highest BCUT2D eigenvalue weighted by atomic mass is 19.1. The summed E-state index contributed by atoms with van der Waals surface area (Å²) >= 11 is 0. The number of H-pyrrole nitrogens is 2. The number of carboxylic acids is 1. The molecule has 6 heterocycles. The number of carbonyl (C=O) groups is 11. The van der Waals surface area contributed by atoms with E-state index in [1.54, 1.807) is 61.7 Å². The molecule has 1 fully saturated rings. The summed E-state index contributed by atoms with van der Waals surface area (Å²) < 4.78 is 35.1. The Morgan fingerprint density at radius 2 is 1.25 bits per heavy atom. The molecule has 512 valence electrons. The number of fused-ring (bicyclic) bond motifs is 33. The van der Waals surface area contributed by atoms with Crippen LogP contribution < -0.4 is 42.4 Å². The number of aromatic nitrogens is 2. The van der Waals surface area contributed by atoms with Crippen LogP contribution in [0, 0.1) is 23.5 Å². The number of nitrogens with one attached hydrogen (secondary N) is 8. The highest BCUT2D eigenvalue weighted by Gasteiger charge is 2.49. The highest BCUT2D eigenvalue weighted by molar-refractivity contribution is 6.00. The van der Waals surface area contributed by atoms with Gasteiger partial charge in [0.25, 0.3) is 0 Å². The summed E-state index contributed by atoms with van der Waals surface area (Å²) in [6.07, 6.45) is 5.04. The molecule has 8 amide bonds. The second kappa shape index (κ2) is 32.4. The number of aliphatic carboxylic acids is 1. The molecule has 0 aliphatic carbocycles. The number of nitrogens with zero attached hydrogens (tertiary/aromatic N) is 2. The van der Waals surface area contributed by atoms with E-state index in [2.05, 4.69) is 46.9 Å². The van der Waals surface area contributed by atoms with Gasteiger partial charge in [0.1, 0.15) is 41.0 Å². The fourth-order valence-electron chi connectivity index (χ4n) is 12.7. The predicted octanol–water partition coefficient (Wildman–Crippen LogP) is 5.47. The first kappa shape index (κ1) is 70.9. The Bertz CT molecular complexity index is 4020. The molecule has 26 heteroatoms. The van der Waals surface area contributed by atoms with Crippen LogP contribution in [-0.4, -0.2) is 140 Å². The van der Waals surface area contributed by atoms with Gasteiger partial charge in [-0.3, -0.25) is 57.7 Å². The third kappa shape index (κ3) is 18.8. The van der Waals surface area contributed by atoms with Crippen molar-refractivity contribution in [3.63, 3.8) is 0 Å². The lowest BCUT2D eigenvalue weighted by Crippen LogP contribution is -2.62. The molecule has 1 saturated heterocycles. The maximum Gasteiger partial charge on any atom is 0.305 e. The van der Waals surface area contributed by atoms with Crippen molar-refractivity contribution in [3.05, 3.63) is 149 Å². The molecule has 0 saturated carbocycles. The van der Waals surface area contributed by atoms with Crippen molar-refractivity contribution in [1.82, 2.24) is 46.8 Å². The molecule has 10 rings (SSSR count). The number of ether oxygens (including phenoxy) is 1. The first-order valence-corrected chi connectivity index (χ1v) is 32.5. The Kier molecular flexibility index (Phi) is 23.7. The Morgan fingerprint density at radius 3 is 1.86 bits per heavy atom. The number of ketones is 2. The summed E-state index contributed by atoms with van der Waals surface area (Å²) in [5, 5.41) is 27.6. The number of nitrogens with two attached hydrogens (primary N) is 1. The first-order valence-electron chi connectivity index (χ1n) is 32.5. The largest absolute Gasteiger partial charge is 0.497 e. The molecule has 97 heavy (non-hydrogen) atoms. The number of benzene rings is 4. The second-order valence-corrected chi connectivity index (χ2v) is 25.5. The zero-order valence-electron chi connectivity index (χ0n) is 54.2. The first-order chi connectivity index (χ1) is 46.4. The maximum atomic E-state index is 15.3. The smallest absolute Gasteiger partial charge is 0.305 e. The summed E-state index contributed by atoms with van der Waals surface area (Å²) in [5.41, 5.74) is 8.55. The minimum absolute atomic E-state index is 0.0147. The fraction of sp³-hybridized carbons (Fsp3) is 0.408. The molecule has 11 N–H and O–H groups in total. The summed E-state index contributed by atoms with van der Waals surface area (Å²) in [6, 6.07) is 14.4. The van der Waals surface area contributed by atoms with Gasteiger partial charge in [-0.2, -0.15) is 0 Å². The number of hydrogen-bond donors (Lipinski definition) is 10. The normalized spacial score (nSPS) is 23.8. The number of amides is 8. The molecule has 4 aromatic carbocycles. The van der Waals surface area contributed by atoms with Crippen molar-refractivity contribution >= 4 is 92.8 Å². The van der Waals surface area contributed by atoms with Crippen LogP contribution in [0.15, 0.2) is 114 Å². The number of carboxylic acid groups (broad SMARTS) is 1. The van der Waals surface area contributed by atoms with Gasteiger partial charge in [0.2, 0.25) is 47.3 Å². The standard InChI is InChI=1S/C71H81F2N11O13/c1-40-66(92)80-56(30-48-39-77-55-21-17-50(73)34-53(48)55)60(85)32-46(29-47-38-76-54-20-16-49(72)33-52(47)54)68(94)81-57(35-64(89)90)61(86)31-45(26-44-22-24-75-36-44)67(93)82-59(28-42-14-18-51(97-3)19-15-42)69(95)84-25-7-23-71(84,2)70(96)83-58(65(74)91)27-41-10-12-43(13-11-41)37-78-62(87)8-5-4-6-9-63(88)79-40/h10-21,24,33-34,36,38-40,45-46,56-59,76-77H,4-9,22-23,25-32,35,37H2,1-3H3,(H2,74,91)(H,78,87)(H,79,88)(H,80,92)(H,81,94)(H,82,93)(H,83,96)(H,89,90)/t40-,45-,46-,56+,57+,58+,59+,71+/m1/s1. The van der Waals surface area contributed by atoms with Crippen molar-refractivity contribution in [2.75, 3.05) is 13.7 Å². The molecule has 24 nitrogen and oxygen atoms in total. The second-order valence-electron chi connectivity index (χ2n) is 25.5. The van der Waals surface area contributed by atoms with E-state index >= 15 is 19.2 Å². The number of aliphatic imine (C=N–C) groups is 1. The summed E-state index contributed by atoms with van der Waals surface area (Å²) in [7, 11) is 1.48. The molecule has 6 aromatic rings. The van der Waals surface area contributed by atoms with E-state index in [0.717, 1.165) is 5.56 Å². The molecule has 4 aliphatic rings. The number of primary amides is 1. The van der Waals surface area contributed by atoms with Crippen LogP contribution in [0.4, 0.5) is 8.78 Å². The average Bonchev–Trinajstić information content (AvgIpc) is 1.81. The van der Waals surface area contributed by atoms with Crippen LogP contribution in [0.3, 0.4) is 0 Å². The van der Waals surface area contributed by atoms with Crippen LogP contribution in [-0.2, 0) is 85.0 Å². The monoisotopic (exact) mass is 1330 g/mol. The summed E-state index contributed by atoms with van der Waals surface area (Å²) in [4.78, 5) is 168. The Morgan fingerprint density at radius 1 is 0.660 bits per heavy atom. The zero-order valence-corrected chi connectivity index (χ0v) is 54.2. The lowest BCUT2D eigenvalue weighted by atomic mass is 9.87. The minimum Gasteiger partial charge on any atom is -0.497 e. The van der Waals surface area contributed by atoms with Crippen molar-refractivity contribution in [2.24, 2.45) is 22.6 Å². The van der Waals surface area contributed by atoms with E-state index < -0.39 is 137 Å². The molecule has 0 radical (unpaired) electrons. The number of halogens is 2. The minimum atomic E-state index is -1.85. The van der Waals surface area contributed by atoms with Gasteiger partial charge in [-0.05, 0) is 134 Å². The molecule has 8 atom stereocenters. The third-order valence-electron chi connectivity index (χ3n) is 18.3. The Hall–Kier alpha value is -10.4. The molecule has 0 unspecified atom stereocenters. The van der Waals surface area contributed by atoms with Crippen LogP contribution in [0.1, 0.15) is 119 Å². The van der Waals surface area contributed by atoms with Crippen molar-refractivity contribution in [3.8, 4) is 5.75 Å². The van der Waals surface area contributed by atoms with Crippen molar-refractivity contribution < 1.29 is 71.4 Å². The Balaban J connectivity index is 1.05. The quantitative estimate of drug-likeness (QED) is 0.0727. The van der Waals surface area contributed by atoms with Gasteiger partial charge in [0.05, 0.1) is 25.6 Å². The number of hydrogen-bond acceptors (Lipinski definition) is 13. The number of allylic oxidation sites excluding steroid dienone is 1. The van der Waals surface area contributed by atoms with Gasteiger partial charge >= 0.3 is 5.97 Å². The molecule has 2 bridgehead atoms. The number of Topliss-reactive ketones (excluding diaryl/α,β-unsaturated/α-hetero) is 2. The van der Waals surface area contributed by atoms with Crippen molar-refractivity contribution in [1.29, 1.82) is 0 Å². The third-order valence-corrected chi connectivity index (χ3v) is 18.3. The van der Waals surface area contributed by atoms with E-state index in [-0.39, 0.29) is 76.8 Å². The maximum absolute atomic E-state index is 15.3. The number of carbonyl (C=O) groups excluding carboxylic acids is 10. The lowest BCUT2D eigenvalue weighted by Gasteiger charge is -2.37. The van der Waals surface area contributed by atoms with Gasteiger partial charge in [-0.15, -0.1) is 0 Å². The zero-order chi connectivity index (χ0) is 69.5. The lowest BCUT2D eigenvalue weighted by molar-refractivity contribution is -0.147. The highest BCUT2D eigenvalue weighted by Crippen LogP contribution is 2.33. The van der Waals surface area contributed by atoms with Crippen LogP contribution >= 0.6 is 0 Å². The molecule has 0 spiro atoms. The van der Waals surface area contributed by atoms with E-state index in [1.165, 1.54) is 73.9 Å². The molecular formula is C71H81F2N11O13. The summed E-state index contributed by atoms with van der Waals surface area (Å²) in [6.45, 7) is 3.19.